The van der Waals surface area contributed by atoms with E-state index in [0.29, 0.717) is 5.69 Å². The molecule has 5 nitrogen and oxygen atoms in total. The van der Waals surface area contributed by atoms with Crippen molar-refractivity contribution in [2.24, 2.45) is 0 Å². The fraction of sp³-hybridized carbons (Fsp3) is 0.353. The summed E-state index contributed by atoms with van der Waals surface area (Å²) in [6.45, 7) is 1.98. The van der Waals surface area contributed by atoms with E-state index >= 15 is 0 Å². The van der Waals surface area contributed by atoms with Crippen LogP contribution in [-0.4, -0.2) is 34.7 Å². The second-order valence-corrected chi connectivity index (χ2v) is 6.62. The van der Waals surface area contributed by atoms with Gasteiger partial charge in [-0.25, -0.2) is 9.97 Å². The number of aromatic nitrogens is 2. The summed E-state index contributed by atoms with van der Waals surface area (Å²) < 4.78 is 25.2. The number of carbonyl (C=O) groups excluding carboxylic acids is 1. The van der Waals surface area contributed by atoms with Crippen LogP contribution in [0.3, 0.4) is 0 Å². The zero-order chi connectivity index (χ0) is 17.6. The molecule has 0 radical (unpaired) electrons. The second kappa shape index (κ2) is 8.24. The van der Waals surface area contributed by atoms with Crippen molar-refractivity contribution in [3.8, 4) is 0 Å². The third-order valence-corrected chi connectivity index (χ3v) is 4.63. The van der Waals surface area contributed by atoms with Gasteiger partial charge < -0.3 is 10.2 Å². The Kier molecular flexibility index (Phi) is 5.80. The van der Waals surface area contributed by atoms with Crippen molar-refractivity contribution in [2.45, 2.75) is 30.0 Å². The molecule has 3 heterocycles. The summed E-state index contributed by atoms with van der Waals surface area (Å²) in [7, 11) is 0. The van der Waals surface area contributed by atoms with Crippen LogP contribution in [0.5, 0.6) is 0 Å². The Morgan fingerprint density at radius 2 is 1.96 bits per heavy atom. The molecule has 1 fully saturated rings. The Morgan fingerprint density at radius 3 is 2.64 bits per heavy atom. The number of carbonyl (C=O) groups is 1. The molecule has 1 aliphatic heterocycles. The van der Waals surface area contributed by atoms with Crippen molar-refractivity contribution >= 4 is 29.2 Å². The zero-order valence-corrected chi connectivity index (χ0v) is 14.3. The molecule has 0 atom stereocenters. The first-order chi connectivity index (χ1) is 12.1. The molecular formula is C17H18F2N4OS. The molecule has 1 amide bonds. The van der Waals surface area contributed by atoms with Gasteiger partial charge in [-0.05, 0) is 55.3 Å². The van der Waals surface area contributed by atoms with E-state index in [2.05, 4.69) is 20.2 Å². The molecule has 0 saturated carbocycles. The first-order valence-electron chi connectivity index (χ1n) is 8.05. The fourth-order valence-electron chi connectivity index (χ4n) is 2.71. The molecule has 1 N–H and O–H groups in total. The van der Waals surface area contributed by atoms with Crippen molar-refractivity contribution < 1.29 is 13.6 Å². The van der Waals surface area contributed by atoms with Crippen LogP contribution in [0, 0.1) is 0 Å². The summed E-state index contributed by atoms with van der Waals surface area (Å²) in [5, 5.41) is 2.69. The van der Waals surface area contributed by atoms with Gasteiger partial charge in [0.25, 0.3) is 11.7 Å². The standard InChI is InChI=1S/C17H18F2N4OS/c18-17(19)25-16-13(5-4-8-20-16)15(24)22-12-6-7-14(21-11-12)23-9-2-1-3-10-23/h4-8,11,17H,1-3,9-10H2,(H,22,24). The maximum absolute atomic E-state index is 12.6. The molecular weight excluding hydrogens is 346 g/mol. The third kappa shape index (κ3) is 4.66. The molecule has 25 heavy (non-hydrogen) atoms. The summed E-state index contributed by atoms with van der Waals surface area (Å²) in [4.78, 5) is 22.8. The molecule has 8 heteroatoms. The average molecular weight is 364 g/mol. The van der Waals surface area contributed by atoms with Crippen molar-refractivity contribution in [1.29, 1.82) is 0 Å². The molecule has 2 aromatic rings. The lowest BCUT2D eigenvalue weighted by molar-refractivity contribution is 0.102. The van der Waals surface area contributed by atoms with Gasteiger partial charge in [-0.15, -0.1) is 0 Å². The monoisotopic (exact) mass is 364 g/mol. The minimum Gasteiger partial charge on any atom is -0.357 e. The van der Waals surface area contributed by atoms with Crippen LogP contribution in [0.15, 0.2) is 41.7 Å². The molecule has 1 aliphatic rings. The van der Waals surface area contributed by atoms with Gasteiger partial charge >= 0.3 is 0 Å². The van der Waals surface area contributed by atoms with Crippen LogP contribution < -0.4 is 10.2 Å². The van der Waals surface area contributed by atoms with E-state index in [4.69, 9.17) is 0 Å². The molecule has 0 aromatic carbocycles. The highest BCUT2D eigenvalue weighted by atomic mass is 32.2. The molecule has 0 bridgehead atoms. The Hall–Kier alpha value is -2.22. The van der Waals surface area contributed by atoms with E-state index in [1.807, 2.05) is 6.07 Å². The number of thioether (sulfide) groups is 1. The van der Waals surface area contributed by atoms with Gasteiger partial charge in [0.15, 0.2) is 0 Å². The quantitative estimate of drug-likeness (QED) is 0.812. The highest BCUT2D eigenvalue weighted by Gasteiger charge is 2.17. The number of rotatable bonds is 5. The minimum atomic E-state index is -2.63. The molecule has 3 rings (SSSR count). The molecule has 2 aromatic heterocycles. The van der Waals surface area contributed by atoms with E-state index in [0.717, 1.165) is 31.7 Å². The predicted octanol–water partition coefficient (Wildman–Crippen LogP) is 4.03. The van der Waals surface area contributed by atoms with Crippen molar-refractivity contribution in [1.82, 2.24) is 9.97 Å². The van der Waals surface area contributed by atoms with Crippen LogP contribution in [0.1, 0.15) is 29.6 Å². The lowest BCUT2D eigenvalue weighted by Gasteiger charge is -2.27. The normalized spacial score (nSPS) is 14.6. The van der Waals surface area contributed by atoms with Gasteiger partial charge in [-0.3, -0.25) is 4.79 Å². The van der Waals surface area contributed by atoms with E-state index in [1.54, 1.807) is 18.3 Å². The lowest BCUT2D eigenvalue weighted by atomic mass is 10.1. The van der Waals surface area contributed by atoms with Gasteiger partial charge in [0.2, 0.25) is 0 Å². The third-order valence-electron chi connectivity index (χ3n) is 3.90. The van der Waals surface area contributed by atoms with E-state index in [1.165, 1.54) is 18.7 Å². The molecule has 1 saturated heterocycles. The van der Waals surface area contributed by atoms with Crippen LogP contribution in [0.25, 0.3) is 0 Å². The number of hydrogen-bond donors (Lipinski definition) is 1. The zero-order valence-electron chi connectivity index (χ0n) is 13.5. The van der Waals surface area contributed by atoms with Crippen molar-refractivity contribution in [3.63, 3.8) is 0 Å². The average Bonchev–Trinajstić information content (AvgIpc) is 2.63. The van der Waals surface area contributed by atoms with Gasteiger partial charge in [-0.1, -0.05) is 0 Å². The number of nitrogens with one attached hydrogen (secondary N) is 1. The van der Waals surface area contributed by atoms with Crippen LogP contribution in [0.2, 0.25) is 0 Å². The number of amides is 1. The topological polar surface area (TPSA) is 58.1 Å². The van der Waals surface area contributed by atoms with Crippen LogP contribution >= 0.6 is 11.8 Å². The molecule has 0 unspecified atom stereocenters. The highest BCUT2D eigenvalue weighted by molar-refractivity contribution is 7.99. The number of pyridine rings is 2. The number of alkyl halides is 2. The minimum absolute atomic E-state index is 0.00731. The van der Waals surface area contributed by atoms with Crippen molar-refractivity contribution in [3.05, 3.63) is 42.2 Å². The second-order valence-electron chi connectivity index (χ2n) is 5.64. The number of piperidine rings is 1. The highest BCUT2D eigenvalue weighted by Crippen LogP contribution is 2.27. The van der Waals surface area contributed by atoms with Crippen molar-refractivity contribution in [2.75, 3.05) is 23.3 Å². The summed E-state index contributed by atoms with van der Waals surface area (Å²) in [6, 6.07) is 6.65. The molecule has 132 valence electrons. The SMILES string of the molecule is O=C(Nc1ccc(N2CCCCC2)nc1)c1cccnc1SC(F)F. The Labute approximate surface area is 148 Å². The number of hydrogen-bond acceptors (Lipinski definition) is 5. The maximum Gasteiger partial charge on any atom is 0.290 e. The van der Waals surface area contributed by atoms with E-state index in [-0.39, 0.29) is 22.4 Å². The number of nitrogens with zero attached hydrogens (tertiary/aromatic N) is 3. The van der Waals surface area contributed by atoms with Gasteiger partial charge in [0.1, 0.15) is 10.8 Å². The van der Waals surface area contributed by atoms with Gasteiger partial charge in [0.05, 0.1) is 17.4 Å². The smallest absolute Gasteiger partial charge is 0.290 e. The summed E-state index contributed by atoms with van der Waals surface area (Å²) in [5.74, 6) is -2.23. The lowest BCUT2D eigenvalue weighted by Crippen LogP contribution is -2.30. The Balaban J connectivity index is 1.69. The van der Waals surface area contributed by atoms with E-state index in [9.17, 15) is 13.6 Å². The maximum atomic E-state index is 12.6. The predicted molar refractivity (Wildman–Crippen MR) is 94.4 cm³/mol. The number of anilines is 2. The van der Waals surface area contributed by atoms with Gasteiger partial charge in [-0.2, -0.15) is 8.78 Å². The Morgan fingerprint density at radius 1 is 1.16 bits per heavy atom. The largest absolute Gasteiger partial charge is 0.357 e. The summed E-state index contributed by atoms with van der Waals surface area (Å²) in [5.41, 5.74) is 0.635. The fourth-order valence-corrected chi connectivity index (χ4v) is 3.29. The van der Waals surface area contributed by atoms with Gasteiger partial charge in [0, 0.05) is 19.3 Å². The molecule has 0 aliphatic carbocycles. The van der Waals surface area contributed by atoms with E-state index < -0.39 is 11.7 Å². The summed E-state index contributed by atoms with van der Waals surface area (Å²) in [6.07, 6.45) is 6.53. The molecule has 0 spiro atoms. The first kappa shape index (κ1) is 17.6. The first-order valence-corrected chi connectivity index (χ1v) is 8.93. The van der Waals surface area contributed by atoms with Crippen LogP contribution in [-0.2, 0) is 0 Å². The summed E-state index contributed by atoms with van der Waals surface area (Å²) >= 11 is 0.258. The number of halogens is 2. The van der Waals surface area contributed by atoms with Crippen LogP contribution in [0.4, 0.5) is 20.3 Å². The Bertz CT molecular complexity index is 721.